The Morgan fingerprint density at radius 2 is 2.25 bits per heavy atom. The van der Waals surface area contributed by atoms with Crippen molar-refractivity contribution in [2.45, 2.75) is 19.4 Å². The maximum Gasteiger partial charge on any atom is 0.235 e. The summed E-state index contributed by atoms with van der Waals surface area (Å²) in [5, 5.41) is 2.73. The summed E-state index contributed by atoms with van der Waals surface area (Å²) < 4.78 is 0. The van der Waals surface area contributed by atoms with Gasteiger partial charge in [-0.1, -0.05) is 12.8 Å². The largest absolute Gasteiger partial charge is 0.341 e. The van der Waals surface area contributed by atoms with Crippen molar-refractivity contribution < 1.29 is 4.79 Å². The van der Waals surface area contributed by atoms with Gasteiger partial charge in [0.1, 0.15) is 0 Å². The molecule has 0 fully saturated rings. The molecule has 1 amide bonds. The summed E-state index contributed by atoms with van der Waals surface area (Å²) in [7, 11) is 3.69. The number of hydrogen-bond donors (Lipinski definition) is 1. The average molecular weight is 168 g/mol. The molecule has 1 unspecified atom stereocenters. The van der Waals surface area contributed by atoms with Crippen LogP contribution >= 0.6 is 0 Å². The van der Waals surface area contributed by atoms with Gasteiger partial charge in [0.15, 0.2) is 0 Å². The van der Waals surface area contributed by atoms with E-state index in [1.165, 1.54) is 0 Å². The van der Waals surface area contributed by atoms with Crippen LogP contribution in [0.4, 0.5) is 0 Å². The van der Waals surface area contributed by atoms with Crippen LogP contribution in [0, 0.1) is 12.3 Å². The van der Waals surface area contributed by atoms with Crippen molar-refractivity contribution in [1.29, 1.82) is 0 Å². The Hall–Kier alpha value is -1.01. The molecule has 0 rings (SSSR count). The summed E-state index contributed by atoms with van der Waals surface area (Å²) in [5.74, 6) is 2.48. The Balaban J connectivity index is 3.76. The molecule has 0 aromatic carbocycles. The van der Waals surface area contributed by atoms with Crippen LogP contribution < -0.4 is 5.32 Å². The minimum absolute atomic E-state index is 0.0233. The number of carbonyl (C=O) groups excluding carboxylic acids is 1. The van der Waals surface area contributed by atoms with E-state index in [0.29, 0.717) is 6.54 Å². The molecule has 0 aromatic rings. The van der Waals surface area contributed by atoms with Gasteiger partial charge in [-0.3, -0.25) is 4.79 Å². The van der Waals surface area contributed by atoms with Crippen LogP contribution in [0.2, 0.25) is 0 Å². The van der Waals surface area contributed by atoms with Crippen molar-refractivity contribution in [1.82, 2.24) is 10.2 Å². The molecule has 0 saturated carbocycles. The highest BCUT2D eigenvalue weighted by molar-refractivity contribution is 5.78. The number of hydrogen-bond acceptors (Lipinski definition) is 2. The van der Waals surface area contributed by atoms with E-state index >= 15 is 0 Å². The summed E-state index contributed by atoms with van der Waals surface area (Å²) in [6.07, 6.45) is 5.96. The second-order valence-corrected chi connectivity index (χ2v) is 2.93. The number of nitrogens with zero attached hydrogens (tertiary/aromatic N) is 1. The van der Waals surface area contributed by atoms with Gasteiger partial charge in [-0.05, 0) is 20.5 Å². The molecule has 0 heterocycles. The summed E-state index contributed by atoms with van der Waals surface area (Å²) in [6.45, 7) is 2.33. The maximum absolute atomic E-state index is 11.1. The number of rotatable bonds is 4. The fraction of sp³-hybridized carbons (Fsp3) is 0.667. The molecule has 0 aliphatic heterocycles. The summed E-state index contributed by atoms with van der Waals surface area (Å²) in [6, 6.07) is -0.127. The molecule has 3 heteroatoms. The van der Waals surface area contributed by atoms with Crippen LogP contribution in [0.15, 0.2) is 0 Å². The van der Waals surface area contributed by atoms with Gasteiger partial charge in [-0.2, -0.15) is 0 Å². The highest BCUT2D eigenvalue weighted by Gasteiger charge is 2.07. The Kier molecular flexibility index (Phi) is 5.14. The van der Waals surface area contributed by atoms with Crippen LogP contribution in [0.3, 0.4) is 0 Å². The molecule has 0 aromatic heterocycles. The van der Waals surface area contributed by atoms with Crippen molar-refractivity contribution in [3.8, 4) is 12.3 Å². The second-order valence-electron chi connectivity index (χ2n) is 2.93. The van der Waals surface area contributed by atoms with E-state index in [9.17, 15) is 4.79 Å². The van der Waals surface area contributed by atoms with Crippen LogP contribution in [0.1, 0.15) is 13.3 Å². The normalized spacial score (nSPS) is 12.2. The van der Waals surface area contributed by atoms with Crippen molar-refractivity contribution in [2.75, 3.05) is 20.6 Å². The predicted molar refractivity (Wildman–Crippen MR) is 49.6 cm³/mol. The van der Waals surface area contributed by atoms with Gasteiger partial charge in [0, 0.05) is 0 Å². The first kappa shape index (κ1) is 11.0. The zero-order valence-corrected chi connectivity index (χ0v) is 7.92. The number of nitrogens with one attached hydrogen (secondary N) is 1. The maximum atomic E-state index is 11.1. The molecular formula is C9H16N2O. The van der Waals surface area contributed by atoms with E-state index in [-0.39, 0.29) is 11.9 Å². The predicted octanol–water partition coefficient (Wildman–Crippen LogP) is 0.0760. The molecule has 0 aliphatic carbocycles. The Bertz CT molecular complexity index is 181. The lowest BCUT2D eigenvalue weighted by Gasteiger charge is -2.13. The van der Waals surface area contributed by atoms with E-state index in [1.807, 2.05) is 21.0 Å². The highest BCUT2D eigenvalue weighted by Crippen LogP contribution is 1.87. The van der Waals surface area contributed by atoms with E-state index in [0.717, 1.165) is 6.42 Å². The molecule has 0 spiro atoms. The number of carbonyl (C=O) groups is 1. The SMILES string of the molecule is C#CC(CC)NC(=O)CN(C)C. The molecule has 12 heavy (non-hydrogen) atoms. The van der Waals surface area contributed by atoms with Crippen molar-refractivity contribution in [3.63, 3.8) is 0 Å². The molecule has 1 atom stereocenters. The van der Waals surface area contributed by atoms with Crippen LogP contribution in [0.5, 0.6) is 0 Å². The first-order valence-electron chi connectivity index (χ1n) is 4.00. The zero-order chi connectivity index (χ0) is 9.56. The molecule has 0 radical (unpaired) electrons. The second kappa shape index (κ2) is 5.62. The fourth-order valence-corrected chi connectivity index (χ4v) is 0.789. The monoisotopic (exact) mass is 168 g/mol. The molecule has 68 valence electrons. The lowest BCUT2D eigenvalue weighted by Crippen LogP contribution is -2.39. The molecule has 0 bridgehead atoms. The van der Waals surface area contributed by atoms with Crippen LogP contribution in [-0.2, 0) is 4.79 Å². The van der Waals surface area contributed by atoms with Gasteiger partial charge in [-0.25, -0.2) is 0 Å². The average Bonchev–Trinajstić information content (AvgIpc) is 1.98. The van der Waals surface area contributed by atoms with Crippen LogP contribution in [0.25, 0.3) is 0 Å². The minimum atomic E-state index is -0.127. The Morgan fingerprint density at radius 3 is 2.58 bits per heavy atom. The van der Waals surface area contributed by atoms with Gasteiger partial charge >= 0.3 is 0 Å². The summed E-state index contributed by atoms with van der Waals surface area (Å²) in [5.41, 5.74) is 0. The molecule has 0 aliphatic rings. The van der Waals surface area contributed by atoms with Gasteiger partial charge in [-0.15, -0.1) is 6.42 Å². The summed E-state index contributed by atoms with van der Waals surface area (Å²) in [4.78, 5) is 12.9. The smallest absolute Gasteiger partial charge is 0.235 e. The molecule has 1 N–H and O–H groups in total. The van der Waals surface area contributed by atoms with Gasteiger partial charge in [0.25, 0.3) is 0 Å². The van der Waals surface area contributed by atoms with Crippen molar-refractivity contribution >= 4 is 5.91 Å². The van der Waals surface area contributed by atoms with E-state index in [4.69, 9.17) is 6.42 Å². The standard InChI is InChI=1S/C9H16N2O/c1-5-8(6-2)10-9(12)7-11(3)4/h1,8H,6-7H2,2-4H3,(H,10,12). The Morgan fingerprint density at radius 1 is 1.67 bits per heavy atom. The third-order valence-corrected chi connectivity index (χ3v) is 1.40. The minimum Gasteiger partial charge on any atom is -0.341 e. The van der Waals surface area contributed by atoms with E-state index in [1.54, 1.807) is 4.90 Å². The highest BCUT2D eigenvalue weighted by atomic mass is 16.2. The number of terminal acetylenes is 1. The van der Waals surface area contributed by atoms with E-state index in [2.05, 4.69) is 11.2 Å². The quantitative estimate of drug-likeness (QED) is 0.603. The summed E-state index contributed by atoms with van der Waals surface area (Å²) >= 11 is 0. The number of amides is 1. The van der Waals surface area contributed by atoms with Crippen molar-refractivity contribution in [3.05, 3.63) is 0 Å². The lowest BCUT2D eigenvalue weighted by molar-refractivity contribution is -0.122. The number of likely N-dealkylation sites (N-methyl/N-ethyl adjacent to an activating group) is 1. The van der Waals surface area contributed by atoms with Crippen molar-refractivity contribution in [2.24, 2.45) is 0 Å². The fourth-order valence-electron chi connectivity index (χ4n) is 0.789. The molecular weight excluding hydrogens is 152 g/mol. The first-order chi connectivity index (χ1) is 5.60. The lowest BCUT2D eigenvalue weighted by atomic mass is 10.2. The molecule has 3 nitrogen and oxygen atoms in total. The van der Waals surface area contributed by atoms with Gasteiger partial charge in [0.05, 0.1) is 12.6 Å². The van der Waals surface area contributed by atoms with Gasteiger partial charge in [0.2, 0.25) is 5.91 Å². The van der Waals surface area contributed by atoms with E-state index < -0.39 is 0 Å². The topological polar surface area (TPSA) is 32.3 Å². The third kappa shape index (κ3) is 4.75. The Labute approximate surface area is 74.1 Å². The zero-order valence-electron chi connectivity index (χ0n) is 7.92. The van der Waals surface area contributed by atoms with Crippen LogP contribution in [-0.4, -0.2) is 37.5 Å². The molecule has 0 saturated heterocycles. The van der Waals surface area contributed by atoms with Gasteiger partial charge < -0.3 is 10.2 Å². The first-order valence-corrected chi connectivity index (χ1v) is 4.00. The third-order valence-electron chi connectivity index (χ3n) is 1.40.